The van der Waals surface area contributed by atoms with Crippen molar-refractivity contribution >= 4 is 28.5 Å². The summed E-state index contributed by atoms with van der Waals surface area (Å²) in [6.07, 6.45) is 6.34. The largest absolute Gasteiger partial charge is 0.366 e. The lowest BCUT2D eigenvalue weighted by atomic mass is 10.0. The van der Waals surface area contributed by atoms with Gasteiger partial charge in [-0.05, 0) is 18.9 Å². The predicted molar refractivity (Wildman–Crippen MR) is 108 cm³/mol. The highest BCUT2D eigenvalue weighted by atomic mass is 35.5. The van der Waals surface area contributed by atoms with Crippen molar-refractivity contribution in [2.75, 3.05) is 25.5 Å². The van der Waals surface area contributed by atoms with Gasteiger partial charge >= 0.3 is 0 Å². The number of piperidine rings is 1. The molecule has 0 aromatic carbocycles. The maximum absolute atomic E-state index is 14.3. The van der Waals surface area contributed by atoms with Crippen LogP contribution in [0.4, 0.5) is 10.2 Å². The molecule has 1 saturated heterocycles. The lowest BCUT2D eigenvalue weighted by Gasteiger charge is -2.37. The minimum Gasteiger partial charge on any atom is -0.366 e. The molecule has 0 saturated carbocycles. The Kier molecular flexibility index (Phi) is 5.91. The molecule has 0 amide bonds. The molecule has 0 bridgehead atoms. The van der Waals surface area contributed by atoms with Crippen molar-refractivity contribution in [1.82, 2.24) is 24.8 Å². The third-order valence-electron chi connectivity index (χ3n) is 5.16. The highest BCUT2D eigenvalue weighted by molar-refractivity contribution is 6.31. The highest BCUT2D eigenvalue weighted by Gasteiger charge is 2.28. The topological polar surface area (TPSA) is 99.2 Å². The standard InChI is InChI=1S/C19H22ClFN6O2/c1-29-19(28)27-5-3-2-4-12(27)8-23-18-15(21)10-25-17(26-18)14-9-24-16-13(14)6-11(20)7-22-16/h6-7,9-10,12,19,28H,2-5,8H2,1H3,(H,22,24)(H,23,25,26). The second-order valence-electron chi connectivity index (χ2n) is 6.97. The van der Waals surface area contributed by atoms with Gasteiger partial charge in [0.25, 0.3) is 0 Å². The molecule has 0 radical (unpaired) electrons. The van der Waals surface area contributed by atoms with Gasteiger partial charge in [0.2, 0.25) is 6.41 Å². The number of pyridine rings is 1. The van der Waals surface area contributed by atoms with Crippen molar-refractivity contribution < 1.29 is 14.2 Å². The van der Waals surface area contributed by atoms with Crippen molar-refractivity contribution in [3.8, 4) is 11.4 Å². The van der Waals surface area contributed by atoms with Crippen molar-refractivity contribution in [2.24, 2.45) is 0 Å². The van der Waals surface area contributed by atoms with Gasteiger partial charge in [0.05, 0.1) is 11.2 Å². The van der Waals surface area contributed by atoms with Crippen LogP contribution in [-0.2, 0) is 4.74 Å². The number of H-pyrrole nitrogens is 1. The van der Waals surface area contributed by atoms with E-state index in [1.165, 1.54) is 7.11 Å². The van der Waals surface area contributed by atoms with Crippen LogP contribution in [0.3, 0.4) is 0 Å². The van der Waals surface area contributed by atoms with E-state index < -0.39 is 12.2 Å². The van der Waals surface area contributed by atoms with Gasteiger partial charge < -0.3 is 20.1 Å². The molecule has 154 valence electrons. The molecule has 3 aromatic rings. The number of halogens is 2. The first kappa shape index (κ1) is 20.0. The van der Waals surface area contributed by atoms with Crippen molar-refractivity contribution in [1.29, 1.82) is 0 Å². The molecule has 29 heavy (non-hydrogen) atoms. The van der Waals surface area contributed by atoms with E-state index in [0.717, 1.165) is 37.4 Å². The van der Waals surface area contributed by atoms with Crippen molar-refractivity contribution in [3.05, 3.63) is 35.5 Å². The Morgan fingerprint density at radius 3 is 3.10 bits per heavy atom. The number of ether oxygens (including phenoxy) is 1. The van der Waals surface area contributed by atoms with Crippen LogP contribution in [0.5, 0.6) is 0 Å². The van der Waals surface area contributed by atoms with Gasteiger partial charge in [-0.3, -0.25) is 4.90 Å². The molecule has 3 aromatic heterocycles. The maximum atomic E-state index is 14.3. The minimum absolute atomic E-state index is 0.00705. The van der Waals surface area contributed by atoms with E-state index in [1.807, 2.05) is 4.90 Å². The maximum Gasteiger partial charge on any atom is 0.216 e. The van der Waals surface area contributed by atoms with E-state index in [0.29, 0.717) is 28.6 Å². The summed E-state index contributed by atoms with van der Waals surface area (Å²) in [7, 11) is 1.46. The normalized spacial score (nSPS) is 18.8. The number of aromatic amines is 1. The number of aliphatic hydroxyl groups excluding tert-OH is 1. The fourth-order valence-corrected chi connectivity index (χ4v) is 3.82. The number of nitrogens with zero attached hydrogens (tertiary/aromatic N) is 4. The molecule has 0 aliphatic carbocycles. The van der Waals surface area contributed by atoms with Crippen LogP contribution in [0, 0.1) is 5.82 Å². The predicted octanol–water partition coefficient (Wildman–Crippen LogP) is 3.00. The summed E-state index contributed by atoms with van der Waals surface area (Å²) in [6.45, 7) is 1.15. The Hall–Kier alpha value is -2.33. The van der Waals surface area contributed by atoms with Gasteiger partial charge in [0, 0.05) is 49.6 Å². The molecule has 2 unspecified atom stereocenters. The molecule has 1 fully saturated rings. The zero-order valence-corrected chi connectivity index (χ0v) is 16.7. The first-order valence-electron chi connectivity index (χ1n) is 9.43. The Morgan fingerprint density at radius 2 is 2.28 bits per heavy atom. The van der Waals surface area contributed by atoms with E-state index in [1.54, 1.807) is 18.5 Å². The number of aromatic nitrogens is 4. The molecule has 4 rings (SSSR count). The molecule has 0 spiro atoms. The van der Waals surface area contributed by atoms with E-state index in [2.05, 4.69) is 25.3 Å². The molecule has 10 heteroatoms. The Bertz CT molecular complexity index is 1000. The number of anilines is 1. The van der Waals surface area contributed by atoms with Crippen LogP contribution >= 0.6 is 11.6 Å². The van der Waals surface area contributed by atoms with Crippen LogP contribution < -0.4 is 5.32 Å². The van der Waals surface area contributed by atoms with Crippen LogP contribution in [0.25, 0.3) is 22.4 Å². The lowest BCUT2D eigenvalue weighted by molar-refractivity contribution is -0.194. The van der Waals surface area contributed by atoms with E-state index in [-0.39, 0.29) is 11.9 Å². The van der Waals surface area contributed by atoms with Crippen LogP contribution in [0.2, 0.25) is 5.02 Å². The van der Waals surface area contributed by atoms with E-state index >= 15 is 0 Å². The zero-order valence-electron chi connectivity index (χ0n) is 15.9. The zero-order chi connectivity index (χ0) is 20.4. The minimum atomic E-state index is -0.976. The summed E-state index contributed by atoms with van der Waals surface area (Å²) in [6, 6.07) is 1.77. The summed E-state index contributed by atoms with van der Waals surface area (Å²) >= 11 is 6.05. The molecular weight excluding hydrogens is 399 g/mol. The summed E-state index contributed by atoms with van der Waals surface area (Å²) in [5.41, 5.74) is 1.34. The summed E-state index contributed by atoms with van der Waals surface area (Å²) in [5, 5.41) is 14.4. The van der Waals surface area contributed by atoms with E-state index in [9.17, 15) is 9.50 Å². The van der Waals surface area contributed by atoms with Gasteiger partial charge in [-0.2, -0.15) is 0 Å². The van der Waals surface area contributed by atoms with Gasteiger partial charge in [0.1, 0.15) is 5.65 Å². The summed E-state index contributed by atoms with van der Waals surface area (Å²) in [5.74, 6) is -0.0715. The van der Waals surface area contributed by atoms with Crippen molar-refractivity contribution in [2.45, 2.75) is 31.7 Å². The Labute approximate surface area is 172 Å². The molecule has 3 N–H and O–H groups in total. The van der Waals surface area contributed by atoms with Crippen LogP contribution in [-0.4, -0.2) is 62.6 Å². The van der Waals surface area contributed by atoms with Crippen molar-refractivity contribution in [3.63, 3.8) is 0 Å². The molecule has 1 aliphatic rings. The molecule has 1 aliphatic heterocycles. The third kappa shape index (κ3) is 4.18. The molecule has 8 nitrogen and oxygen atoms in total. The number of aliphatic hydroxyl groups is 1. The van der Waals surface area contributed by atoms with Gasteiger partial charge in [-0.1, -0.05) is 18.0 Å². The lowest BCUT2D eigenvalue weighted by Crippen LogP contribution is -2.50. The number of rotatable bonds is 6. The number of hydrogen-bond donors (Lipinski definition) is 3. The van der Waals surface area contributed by atoms with Gasteiger partial charge in [0.15, 0.2) is 17.5 Å². The monoisotopic (exact) mass is 420 g/mol. The quantitative estimate of drug-likeness (QED) is 0.527. The van der Waals surface area contributed by atoms with Gasteiger partial charge in [-0.25, -0.2) is 19.3 Å². The molecule has 2 atom stereocenters. The average molecular weight is 421 g/mol. The Morgan fingerprint density at radius 1 is 1.41 bits per heavy atom. The van der Waals surface area contributed by atoms with Crippen LogP contribution in [0.15, 0.2) is 24.7 Å². The van der Waals surface area contributed by atoms with Gasteiger partial charge in [-0.15, -0.1) is 0 Å². The first-order chi connectivity index (χ1) is 14.1. The number of fused-ring (bicyclic) bond motifs is 1. The fourth-order valence-electron chi connectivity index (χ4n) is 3.67. The smallest absolute Gasteiger partial charge is 0.216 e. The second-order valence-corrected chi connectivity index (χ2v) is 7.41. The molecule has 4 heterocycles. The first-order valence-corrected chi connectivity index (χ1v) is 9.80. The average Bonchev–Trinajstić information content (AvgIpc) is 3.16. The van der Waals surface area contributed by atoms with E-state index in [4.69, 9.17) is 16.3 Å². The fraction of sp³-hybridized carbons (Fsp3) is 0.421. The SMILES string of the molecule is COC(O)N1CCCCC1CNc1nc(-c2c[nH]c3ncc(Cl)cc23)ncc1F. The second kappa shape index (κ2) is 8.58. The number of methoxy groups -OCH3 is 1. The molecular formula is C19H22ClFN6O2. The number of likely N-dealkylation sites (tertiary alicyclic amines) is 1. The highest BCUT2D eigenvalue weighted by Crippen LogP contribution is 2.28. The Balaban J connectivity index is 1.56. The van der Waals surface area contributed by atoms with Crippen LogP contribution in [0.1, 0.15) is 19.3 Å². The number of nitrogens with one attached hydrogen (secondary N) is 2. The third-order valence-corrected chi connectivity index (χ3v) is 5.36. The number of hydrogen-bond acceptors (Lipinski definition) is 7. The summed E-state index contributed by atoms with van der Waals surface area (Å²) in [4.78, 5) is 17.6. The summed E-state index contributed by atoms with van der Waals surface area (Å²) < 4.78 is 19.4.